The standard InChI is InChI=1S/C8H8O3.C7H7.Li/c9-8(10)6-11-7-4-2-1-3-5-7;1-7-5-3-2-4-6-7;/h1-5H,6H2,(H,9,10);2-6H,1H2;/q;-1;+1. The van der Waals surface area contributed by atoms with Crippen LogP contribution in [0.2, 0.25) is 0 Å². The summed E-state index contributed by atoms with van der Waals surface area (Å²) in [6.45, 7) is 3.43. The zero-order chi connectivity index (χ0) is 13.2. The molecule has 0 unspecified atom stereocenters. The first-order chi connectivity index (χ1) is 8.68. The van der Waals surface area contributed by atoms with Crippen LogP contribution >= 0.6 is 0 Å². The number of hydrogen-bond donors (Lipinski definition) is 1. The smallest absolute Gasteiger partial charge is 0.482 e. The maximum atomic E-state index is 10.0. The molecule has 0 saturated carbocycles. The normalized spacial score (nSPS) is 8.42. The summed E-state index contributed by atoms with van der Waals surface area (Å²) >= 11 is 0. The summed E-state index contributed by atoms with van der Waals surface area (Å²) in [5, 5.41) is 8.25. The van der Waals surface area contributed by atoms with E-state index in [1.807, 2.05) is 36.4 Å². The number of hydrogen-bond acceptors (Lipinski definition) is 2. The fraction of sp³-hybridized carbons (Fsp3) is 0.0667. The van der Waals surface area contributed by atoms with E-state index in [-0.39, 0.29) is 25.5 Å². The zero-order valence-electron chi connectivity index (χ0n) is 11.0. The van der Waals surface area contributed by atoms with Crippen LogP contribution in [0.3, 0.4) is 0 Å². The number of para-hydroxylation sites is 1. The van der Waals surface area contributed by atoms with Gasteiger partial charge in [0, 0.05) is 0 Å². The van der Waals surface area contributed by atoms with Gasteiger partial charge in [0.05, 0.1) is 0 Å². The number of ether oxygens (including phenoxy) is 1. The van der Waals surface area contributed by atoms with Crippen molar-refractivity contribution in [3.8, 4) is 5.75 Å². The molecule has 1 N–H and O–H groups in total. The van der Waals surface area contributed by atoms with Gasteiger partial charge in [-0.05, 0) is 12.1 Å². The molecule has 0 aliphatic rings. The Hall–Kier alpha value is -1.82. The van der Waals surface area contributed by atoms with Crippen LogP contribution < -0.4 is 23.6 Å². The third kappa shape index (κ3) is 8.84. The Morgan fingerprint density at radius 2 is 1.47 bits per heavy atom. The fourth-order valence-electron chi connectivity index (χ4n) is 1.14. The SMILES string of the molecule is O=C(O)COc1ccccc1.[CH2-]c1ccccc1.[Li+]. The van der Waals surface area contributed by atoms with Crippen molar-refractivity contribution in [1.29, 1.82) is 0 Å². The van der Waals surface area contributed by atoms with E-state index in [4.69, 9.17) is 9.84 Å². The van der Waals surface area contributed by atoms with Gasteiger partial charge in [-0.25, -0.2) is 4.79 Å². The minimum absolute atomic E-state index is 0. The molecule has 0 radical (unpaired) electrons. The summed E-state index contributed by atoms with van der Waals surface area (Å²) in [5.74, 6) is -0.385. The molecule has 0 aliphatic carbocycles. The second kappa shape index (κ2) is 10.1. The molecule has 0 aromatic heterocycles. The molecule has 0 fully saturated rings. The minimum atomic E-state index is -0.964. The Balaban J connectivity index is 0.000000352. The molecule has 2 aromatic carbocycles. The maximum absolute atomic E-state index is 10.0. The predicted molar refractivity (Wildman–Crippen MR) is 70.5 cm³/mol. The summed E-state index contributed by atoms with van der Waals surface area (Å²) in [6.07, 6.45) is 0. The van der Waals surface area contributed by atoms with Gasteiger partial charge in [0.25, 0.3) is 0 Å². The zero-order valence-corrected chi connectivity index (χ0v) is 11.0. The maximum Gasteiger partial charge on any atom is 1.00 e. The fourth-order valence-corrected chi connectivity index (χ4v) is 1.14. The van der Waals surface area contributed by atoms with E-state index in [1.54, 1.807) is 24.3 Å². The largest absolute Gasteiger partial charge is 1.00 e. The van der Waals surface area contributed by atoms with E-state index >= 15 is 0 Å². The predicted octanol–water partition coefficient (Wildman–Crippen LogP) is 0.0228. The van der Waals surface area contributed by atoms with Gasteiger partial charge in [0.2, 0.25) is 0 Å². The van der Waals surface area contributed by atoms with Crippen molar-refractivity contribution in [1.82, 2.24) is 0 Å². The molecule has 94 valence electrons. The van der Waals surface area contributed by atoms with Crippen LogP contribution in [0.5, 0.6) is 5.75 Å². The molecule has 4 heteroatoms. The Bertz CT molecular complexity index is 457. The van der Waals surface area contributed by atoms with Gasteiger partial charge in [-0.2, -0.15) is 24.6 Å². The van der Waals surface area contributed by atoms with Gasteiger partial charge in [-0.1, -0.05) is 24.3 Å². The summed E-state index contributed by atoms with van der Waals surface area (Å²) < 4.78 is 4.87. The molecule has 3 nitrogen and oxygen atoms in total. The van der Waals surface area contributed by atoms with Crippen LogP contribution in [0.15, 0.2) is 60.7 Å². The van der Waals surface area contributed by atoms with E-state index in [0.29, 0.717) is 5.75 Å². The monoisotopic (exact) mass is 250 g/mol. The molecule has 2 aromatic rings. The number of benzene rings is 2. The number of carboxylic acids is 1. The van der Waals surface area contributed by atoms with Crippen molar-refractivity contribution < 1.29 is 33.5 Å². The summed E-state index contributed by atoms with van der Waals surface area (Å²) in [5.41, 5.74) is 1.07. The van der Waals surface area contributed by atoms with Gasteiger partial charge in [0.1, 0.15) is 5.75 Å². The number of rotatable bonds is 3. The number of carbonyl (C=O) groups is 1. The Morgan fingerprint density at radius 3 is 1.84 bits per heavy atom. The topological polar surface area (TPSA) is 46.5 Å². The van der Waals surface area contributed by atoms with Crippen molar-refractivity contribution >= 4 is 5.97 Å². The van der Waals surface area contributed by atoms with E-state index in [2.05, 4.69) is 6.92 Å². The van der Waals surface area contributed by atoms with Gasteiger partial charge < -0.3 is 9.84 Å². The molecule has 0 saturated heterocycles. The molecule has 0 amide bonds. The van der Waals surface area contributed by atoms with Crippen LogP contribution in [0.25, 0.3) is 0 Å². The number of aliphatic carboxylic acids is 1. The minimum Gasteiger partial charge on any atom is -0.482 e. The molecular weight excluding hydrogens is 235 g/mol. The summed E-state index contributed by atoms with van der Waals surface area (Å²) in [6, 6.07) is 18.7. The molecule has 19 heavy (non-hydrogen) atoms. The number of carboxylic acid groups (broad SMARTS) is 1. The van der Waals surface area contributed by atoms with Crippen LogP contribution in [0.1, 0.15) is 5.56 Å². The molecule has 0 aliphatic heterocycles. The molecule has 0 atom stereocenters. The first kappa shape index (κ1) is 17.2. The van der Waals surface area contributed by atoms with Gasteiger partial charge in [0.15, 0.2) is 6.61 Å². The van der Waals surface area contributed by atoms with Gasteiger partial charge >= 0.3 is 24.8 Å². The van der Waals surface area contributed by atoms with Crippen LogP contribution in [0.4, 0.5) is 0 Å². The van der Waals surface area contributed by atoms with E-state index in [0.717, 1.165) is 5.56 Å². The van der Waals surface area contributed by atoms with Crippen LogP contribution in [0, 0.1) is 6.92 Å². The van der Waals surface area contributed by atoms with Crippen LogP contribution in [-0.4, -0.2) is 17.7 Å². The first-order valence-corrected chi connectivity index (χ1v) is 5.45. The summed E-state index contributed by atoms with van der Waals surface area (Å²) in [7, 11) is 0. The molecule has 2 rings (SSSR count). The van der Waals surface area contributed by atoms with E-state index in [1.165, 1.54) is 0 Å². The average Bonchev–Trinajstić information content (AvgIpc) is 2.39. The Kier molecular flexibility index (Phi) is 9.16. The molecule has 0 heterocycles. The van der Waals surface area contributed by atoms with Crippen molar-refractivity contribution in [3.05, 3.63) is 73.2 Å². The summed E-state index contributed by atoms with van der Waals surface area (Å²) in [4.78, 5) is 10.0. The molecule has 0 spiro atoms. The Morgan fingerprint density at radius 1 is 1.00 bits per heavy atom. The van der Waals surface area contributed by atoms with E-state index < -0.39 is 5.97 Å². The Labute approximate surface area is 125 Å². The molecule has 0 bridgehead atoms. The van der Waals surface area contributed by atoms with Gasteiger partial charge in [-0.15, -0.1) is 12.1 Å². The average molecular weight is 250 g/mol. The quantitative estimate of drug-likeness (QED) is 0.617. The van der Waals surface area contributed by atoms with Crippen molar-refractivity contribution in [3.63, 3.8) is 0 Å². The second-order valence-corrected chi connectivity index (χ2v) is 3.48. The van der Waals surface area contributed by atoms with Gasteiger partial charge in [-0.3, -0.25) is 0 Å². The third-order valence-electron chi connectivity index (χ3n) is 1.95. The van der Waals surface area contributed by atoms with Crippen molar-refractivity contribution in [2.75, 3.05) is 6.61 Å². The van der Waals surface area contributed by atoms with E-state index in [9.17, 15) is 4.79 Å². The van der Waals surface area contributed by atoms with Crippen molar-refractivity contribution in [2.45, 2.75) is 0 Å². The van der Waals surface area contributed by atoms with Crippen LogP contribution in [-0.2, 0) is 4.79 Å². The second-order valence-electron chi connectivity index (χ2n) is 3.48. The van der Waals surface area contributed by atoms with Crippen molar-refractivity contribution in [2.24, 2.45) is 0 Å². The molecular formula is C15H15LiO3. The first-order valence-electron chi connectivity index (χ1n) is 5.45. The third-order valence-corrected chi connectivity index (χ3v) is 1.95.